The Bertz CT molecular complexity index is 329. The highest BCUT2D eigenvalue weighted by Crippen LogP contribution is 2.19. The highest BCUT2D eigenvalue weighted by molar-refractivity contribution is 5.75. The van der Waals surface area contributed by atoms with Crippen molar-refractivity contribution in [2.75, 3.05) is 7.11 Å². The summed E-state index contributed by atoms with van der Waals surface area (Å²) in [6.07, 6.45) is 3.68. The van der Waals surface area contributed by atoms with Gasteiger partial charge in [0.05, 0.1) is 25.3 Å². The molecule has 14 heavy (non-hydrogen) atoms. The summed E-state index contributed by atoms with van der Waals surface area (Å²) in [7, 11) is 1.40. The van der Waals surface area contributed by atoms with Gasteiger partial charge in [0, 0.05) is 6.20 Å². The van der Waals surface area contributed by atoms with Gasteiger partial charge in [-0.2, -0.15) is 5.10 Å². The molecule has 1 aromatic heterocycles. The first-order valence-electron chi connectivity index (χ1n) is 4.53. The molecule has 0 bridgehead atoms. The second kappa shape index (κ2) is 3.82. The van der Waals surface area contributed by atoms with E-state index >= 15 is 0 Å². The molecule has 0 aliphatic rings. The van der Waals surface area contributed by atoms with Crippen molar-refractivity contribution in [3.05, 3.63) is 18.0 Å². The Morgan fingerprint density at radius 2 is 2.29 bits per heavy atom. The molecule has 0 saturated heterocycles. The third kappa shape index (κ3) is 2.34. The van der Waals surface area contributed by atoms with Gasteiger partial charge in [-0.25, -0.2) is 0 Å². The summed E-state index contributed by atoms with van der Waals surface area (Å²) in [6.45, 7) is 6.19. The summed E-state index contributed by atoms with van der Waals surface area (Å²) in [5.74, 6) is -0.217. The molecule has 0 aromatic carbocycles. The van der Waals surface area contributed by atoms with E-state index in [0.717, 1.165) is 5.56 Å². The lowest BCUT2D eigenvalue weighted by Crippen LogP contribution is -2.30. The number of aromatic nitrogens is 2. The van der Waals surface area contributed by atoms with Crippen LogP contribution in [-0.2, 0) is 16.1 Å². The van der Waals surface area contributed by atoms with Gasteiger partial charge in [0.1, 0.15) is 0 Å². The average molecular weight is 196 g/mol. The van der Waals surface area contributed by atoms with E-state index in [1.807, 2.05) is 27.0 Å². The molecule has 4 heteroatoms. The first-order valence-corrected chi connectivity index (χ1v) is 4.53. The number of nitrogens with zero attached hydrogens (tertiary/aromatic N) is 2. The van der Waals surface area contributed by atoms with Crippen molar-refractivity contribution in [2.24, 2.45) is 5.41 Å². The minimum Gasteiger partial charge on any atom is -0.469 e. The predicted molar refractivity (Wildman–Crippen MR) is 52.8 cm³/mol. The summed E-state index contributed by atoms with van der Waals surface area (Å²) >= 11 is 0. The fourth-order valence-electron chi connectivity index (χ4n) is 1.30. The van der Waals surface area contributed by atoms with Crippen molar-refractivity contribution >= 4 is 5.97 Å². The quantitative estimate of drug-likeness (QED) is 0.686. The van der Waals surface area contributed by atoms with Crippen molar-refractivity contribution in [3.8, 4) is 0 Å². The lowest BCUT2D eigenvalue weighted by atomic mass is 9.94. The SMILES string of the molecule is COC(=O)C(C)(C)Cn1cc(C)cn1. The molecule has 0 saturated carbocycles. The van der Waals surface area contributed by atoms with Crippen molar-refractivity contribution in [2.45, 2.75) is 27.3 Å². The number of carbonyl (C=O) groups is 1. The summed E-state index contributed by atoms with van der Waals surface area (Å²) in [5.41, 5.74) is 0.554. The van der Waals surface area contributed by atoms with Crippen LogP contribution < -0.4 is 0 Å². The topological polar surface area (TPSA) is 44.1 Å². The Labute approximate surface area is 83.9 Å². The van der Waals surface area contributed by atoms with E-state index in [1.54, 1.807) is 10.9 Å². The minimum absolute atomic E-state index is 0.217. The molecule has 0 fully saturated rings. The molecule has 0 spiro atoms. The lowest BCUT2D eigenvalue weighted by molar-refractivity contribution is -0.151. The standard InChI is InChI=1S/C10H16N2O2/c1-8-5-11-12(6-8)7-10(2,3)9(13)14-4/h5-6H,7H2,1-4H3. The zero-order chi connectivity index (χ0) is 10.8. The van der Waals surface area contributed by atoms with Gasteiger partial charge in [0.25, 0.3) is 0 Å². The molecule has 78 valence electrons. The van der Waals surface area contributed by atoms with Crippen molar-refractivity contribution in [3.63, 3.8) is 0 Å². The molecule has 0 unspecified atom stereocenters. The van der Waals surface area contributed by atoms with Crippen LogP contribution >= 0.6 is 0 Å². The van der Waals surface area contributed by atoms with E-state index in [4.69, 9.17) is 4.74 Å². The van der Waals surface area contributed by atoms with E-state index in [-0.39, 0.29) is 5.97 Å². The van der Waals surface area contributed by atoms with E-state index in [0.29, 0.717) is 6.54 Å². The number of hydrogen-bond donors (Lipinski definition) is 0. The smallest absolute Gasteiger partial charge is 0.313 e. The van der Waals surface area contributed by atoms with E-state index in [1.165, 1.54) is 7.11 Å². The molecular formula is C10H16N2O2. The molecular weight excluding hydrogens is 180 g/mol. The maximum absolute atomic E-state index is 11.4. The molecule has 0 N–H and O–H groups in total. The number of methoxy groups -OCH3 is 1. The summed E-state index contributed by atoms with van der Waals surface area (Å²) in [6, 6.07) is 0. The molecule has 0 atom stereocenters. The van der Waals surface area contributed by atoms with Crippen LogP contribution in [0, 0.1) is 12.3 Å². The van der Waals surface area contributed by atoms with Crippen LogP contribution in [-0.4, -0.2) is 22.9 Å². The summed E-state index contributed by atoms with van der Waals surface area (Å²) in [4.78, 5) is 11.4. The van der Waals surface area contributed by atoms with Gasteiger partial charge in [0.2, 0.25) is 0 Å². The maximum atomic E-state index is 11.4. The summed E-state index contributed by atoms with van der Waals surface area (Å²) < 4.78 is 6.47. The van der Waals surface area contributed by atoms with E-state index < -0.39 is 5.41 Å². The monoisotopic (exact) mass is 196 g/mol. The van der Waals surface area contributed by atoms with Gasteiger partial charge in [-0.05, 0) is 26.3 Å². The second-order valence-corrected chi connectivity index (χ2v) is 4.09. The van der Waals surface area contributed by atoms with Gasteiger partial charge < -0.3 is 4.74 Å². The Balaban J connectivity index is 2.72. The van der Waals surface area contributed by atoms with Gasteiger partial charge in [-0.3, -0.25) is 9.48 Å². The van der Waals surface area contributed by atoms with Crippen LogP contribution in [0.3, 0.4) is 0 Å². The molecule has 0 radical (unpaired) electrons. The zero-order valence-corrected chi connectivity index (χ0v) is 9.07. The normalized spacial score (nSPS) is 11.4. The average Bonchev–Trinajstić information content (AvgIpc) is 2.48. The zero-order valence-electron chi connectivity index (χ0n) is 9.07. The van der Waals surface area contributed by atoms with Gasteiger partial charge in [0.15, 0.2) is 0 Å². The highest BCUT2D eigenvalue weighted by Gasteiger charge is 2.29. The number of esters is 1. The third-order valence-corrected chi connectivity index (χ3v) is 2.06. The molecule has 1 aromatic rings. The minimum atomic E-state index is -0.535. The second-order valence-electron chi connectivity index (χ2n) is 4.09. The predicted octanol–water partition coefficient (Wildman–Crippen LogP) is 1.39. The Hall–Kier alpha value is -1.32. The van der Waals surface area contributed by atoms with Gasteiger partial charge >= 0.3 is 5.97 Å². The Morgan fingerprint density at radius 3 is 2.71 bits per heavy atom. The Morgan fingerprint density at radius 1 is 1.64 bits per heavy atom. The first kappa shape index (κ1) is 10.8. The number of aryl methyl sites for hydroxylation is 1. The highest BCUT2D eigenvalue weighted by atomic mass is 16.5. The molecule has 0 aliphatic heterocycles. The molecule has 4 nitrogen and oxygen atoms in total. The summed E-state index contributed by atoms with van der Waals surface area (Å²) in [5, 5.41) is 4.13. The lowest BCUT2D eigenvalue weighted by Gasteiger charge is -2.20. The maximum Gasteiger partial charge on any atom is 0.313 e. The fourth-order valence-corrected chi connectivity index (χ4v) is 1.30. The number of rotatable bonds is 3. The van der Waals surface area contributed by atoms with Crippen LogP contribution in [0.1, 0.15) is 19.4 Å². The molecule has 1 rings (SSSR count). The number of ether oxygens (including phenoxy) is 1. The van der Waals surface area contributed by atoms with Gasteiger partial charge in [-0.1, -0.05) is 0 Å². The van der Waals surface area contributed by atoms with E-state index in [2.05, 4.69) is 5.10 Å². The first-order chi connectivity index (χ1) is 6.45. The van der Waals surface area contributed by atoms with Crippen molar-refractivity contribution in [1.82, 2.24) is 9.78 Å². The number of hydrogen-bond acceptors (Lipinski definition) is 3. The Kier molecular flexibility index (Phi) is 2.93. The molecule has 0 amide bonds. The van der Waals surface area contributed by atoms with Crippen LogP contribution in [0.25, 0.3) is 0 Å². The van der Waals surface area contributed by atoms with Crippen LogP contribution in [0.2, 0.25) is 0 Å². The van der Waals surface area contributed by atoms with Crippen molar-refractivity contribution < 1.29 is 9.53 Å². The molecule has 1 heterocycles. The third-order valence-electron chi connectivity index (χ3n) is 2.06. The van der Waals surface area contributed by atoms with Gasteiger partial charge in [-0.15, -0.1) is 0 Å². The fraction of sp³-hybridized carbons (Fsp3) is 0.600. The molecule has 0 aliphatic carbocycles. The number of carbonyl (C=O) groups excluding carboxylic acids is 1. The van der Waals surface area contributed by atoms with Crippen molar-refractivity contribution in [1.29, 1.82) is 0 Å². The largest absolute Gasteiger partial charge is 0.469 e. The van der Waals surface area contributed by atoms with Crippen LogP contribution in [0.4, 0.5) is 0 Å². The van der Waals surface area contributed by atoms with E-state index in [9.17, 15) is 4.79 Å². The van der Waals surface area contributed by atoms with Crippen LogP contribution in [0.5, 0.6) is 0 Å². The van der Waals surface area contributed by atoms with Crippen LogP contribution in [0.15, 0.2) is 12.4 Å².